The standard InChI is InChI=1S/C25H37N5O7S/c1-5-36-17-22-27-20-16-29(33)21-13-9-8-12-19(21)23(20)30(22,18-25(2,3)28-38(4,34)35)37-15-11-7-6-10-14-26-24(31)32/h8-9,12-13,16,26,28H,5-7,10-11,14-15,17-18H2,1-4H3. The second-order valence-corrected chi connectivity index (χ2v) is 11.7. The first kappa shape index (κ1) is 29.7. The van der Waals surface area contributed by atoms with Crippen molar-refractivity contribution in [2.45, 2.75) is 52.0 Å². The quantitative estimate of drug-likeness (QED) is 0.147. The molecular weight excluding hydrogens is 514 g/mol. The highest BCUT2D eigenvalue weighted by molar-refractivity contribution is 7.88. The SMILES string of the molecule is CCOCC1=Nc2c[n+]([O-])c3ccccc3c2[N+]1(CC(C)(C)NS(C)(=O)=O)OCCCCCCNC(=O)[O-]. The van der Waals surface area contributed by atoms with Crippen LogP contribution in [0, 0.1) is 5.21 Å². The molecule has 13 heteroatoms. The number of hydrogen-bond donors (Lipinski definition) is 2. The second-order valence-electron chi connectivity index (χ2n) is 9.99. The van der Waals surface area contributed by atoms with E-state index in [4.69, 9.17) is 14.6 Å². The summed E-state index contributed by atoms with van der Waals surface area (Å²) in [6.07, 6.45) is 4.17. The third-order valence-electron chi connectivity index (χ3n) is 6.07. The number of fused-ring (bicyclic) bond motifs is 3. The molecular formula is C25H37N5O7S. The number of para-hydroxylation sites is 1. The Morgan fingerprint density at radius 2 is 1.89 bits per heavy atom. The van der Waals surface area contributed by atoms with Crippen molar-refractivity contribution in [2.24, 2.45) is 4.99 Å². The highest BCUT2D eigenvalue weighted by Gasteiger charge is 2.53. The van der Waals surface area contributed by atoms with E-state index in [0.717, 1.165) is 23.8 Å². The highest BCUT2D eigenvalue weighted by atomic mass is 32.2. The maximum absolute atomic E-state index is 12.8. The predicted molar refractivity (Wildman–Crippen MR) is 143 cm³/mol. The number of carboxylic acid groups (broad SMARTS) is 1. The van der Waals surface area contributed by atoms with Crippen LogP contribution in [0.4, 0.5) is 16.2 Å². The lowest BCUT2D eigenvalue weighted by Gasteiger charge is -2.38. The predicted octanol–water partition coefficient (Wildman–Crippen LogP) is 1.61. The minimum Gasteiger partial charge on any atom is -0.618 e. The van der Waals surface area contributed by atoms with Crippen molar-refractivity contribution in [3.8, 4) is 0 Å². The molecule has 1 unspecified atom stereocenters. The monoisotopic (exact) mass is 551 g/mol. The first-order valence-corrected chi connectivity index (χ1v) is 14.6. The van der Waals surface area contributed by atoms with E-state index in [2.05, 4.69) is 10.0 Å². The average Bonchev–Trinajstić information content (AvgIpc) is 3.09. The summed E-state index contributed by atoms with van der Waals surface area (Å²) in [6, 6.07) is 7.16. The van der Waals surface area contributed by atoms with Crippen LogP contribution in [0.5, 0.6) is 0 Å². The van der Waals surface area contributed by atoms with E-state index in [-0.39, 0.29) is 17.8 Å². The number of nitrogens with one attached hydrogen (secondary N) is 2. The Hall–Kier alpha value is -2.84. The Kier molecular flexibility index (Phi) is 9.65. The topological polar surface area (TPSA) is 156 Å². The van der Waals surface area contributed by atoms with Crippen LogP contribution in [-0.4, -0.2) is 65.1 Å². The van der Waals surface area contributed by atoms with Crippen molar-refractivity contribution in [1.82, 2.24) is 14.7 Å². The lowest BCUT2D eigenvalue weighted by Crippen LogP contribution is -2.63. The molecule has 0 bridgehead atoms. The van der Waals surface area contributed by atoms with Gasteiger partial charge in [0.1, 0.15) is 31.2 Å². The van der Waals surface area contributed by atoms with Crippen molar-refractivity contribution >= 4 is 44.2 Å². The number of aliphatic imine (C=N–C) groups is 1. The van der Waals surface area contributed by atoms with Crippen LogP contribution in [-0.2, 0) is 19.6 Å². The number of aromatic nitrogens is 1. The number of sulfonamides is 1. The van der Waals surface area contributed by atoms with Crippen molar-refractivity contribution in [2.75, 3.05) is 39.2 Å². The number of nitrogens with zero attached hydrogens (tertiary/aromatic N) is 3. The molecule has 1 atom stereocenters. The Morgan fingerprint density at radius 1 is 1.18 bits per heavy atom. The van der Waals surface area contributed by atoms with Gasteiger partial charge >= 0.3 is 0 Å². The molecule has 0 fully saturated rings. The van der Waals surface area contributed by atoms with Gasteiger partial charge in [0.25, 0.3) is 5.84 Å². The summed E-state index contributed by atoms with van der Waals surface area (Å²) in [4.78, 5) is 21.9. The minimum atomic E-state index is -3.55. The number of amidine groups is 1. The summed E-state index contributed by atoms with van der Waals surface area (Å²) in [6.45, 7) is 6.77. The number of benzene rings is 1. The first-order chi connectivity index (χ1) is 17.9. The lowest BCUT2D eigenvalue weighted by molar-refractivity contribution is -0.576. The van der Waals surface area contributed by atoms with Crippen LogP contribution in [0.25, 0.3) is 10.9 Å². The normalized spacial score (nSPS) is 17.4. The third-order valence-corrected chi connectivity index (χ3v) is 7.00. The van der Waals surface area contributed by atoms with Crippen molar-refractivity contribution in [3.63, 3.8) is 0 Å². The summed E-state index contributed by atoms with van der Waals surface area (Å²) in [5.41, 5.74) is 0.587. The van der Waals surface area contributed by atoms with Gasteiger partial charge in [-0.1, -0.05) is 29.6 Å². The number of ether oxygens (including phenoxy) is 1. The van der Waals surface area contributed by atoms with E-state index in [9.17, 15) is 23.5 Å². The molecule has 2 aromatic rings. The minimum absolute atomic E-state index is 0.127. The van der Waals surface area contributed by atoms with E-state index in [1.165, 1.54) is 6.20 Å². The second kappa shape index (κ2) is 12.3. The molecule has 2 N–H and O–H groups in total. The maximum atomic E-state index is 12.8. The Labute approximate surface area is 223 Å². The Bertz CT molecular complexity index is 1280. The summed E-state index contributed by atoms with van der Waals surface area (Å²) in [5.74, 6) is 0.514. The van der Waals surface area contributed by atoms with Gasteiger partial charge in [-0.25, -0.2) is 13.1 Å². The van der Waals surface area contributed by atoms with Crippen molar-refractivity contribution < 1.29 is 32.6 Å². The van der Waals surface area contributed by atoms with E-state index >= 15 is 0 Å². The number of carbonyl (C=O) groups is 1. The lowest BCUT2D eigenvalue weighted by atomic mass is 10.0. The van der Waals surface area contributed by atoms with E-state index in [1.807, 2.05) is 19.1 Å². The first-order valence-electron chi connectivity index (χ1n) is 12.7. The molecule has 210 valence electrons. The zero-order valence-corrected chi connectivity index (χ0v) is 23.2. The largest absolute Gasteiger partial charge is 0.618 e. The number of hydroxylamine groups is 2. The molecule has 1 aliphatic heterocycles. The van der Waals surface area contributed by atoms with Crippen LogP contribution in [0.2, 0.25) is 0 Å². The van der Waals surface area contributed by atoms with Crippen LogP contribution in [0.15, 0.2) is 35.5 Å². The van der Waals surface area contributed by atoms with Crippen LogP contribution in [0.1, 0.15) is 46.5 Å². The highest BCUT2D eigenvalue weighted by Crippen LogP contribution is 2.46. The van der Waals surface area contributed by atoms with Gasteiger partial charge in [0.15, 0.2) is 5.69 Å². The Morgan fingerprint density at radius 3 is 2.58 bits per heavy atom. The molecule has 12 nitrogen and oxygen atoms in total. The third kappa shape index (κ3) is 7.38. The molecule has 0 aliphatic carbocycles. The summed E-state index contributed by atoms with van der Waals surface area (Å²) in [5, 5.41) is 26.2. The smallest absolute Gasteiger partial charge is 0.268 e. The Balaban J connectivity index is 1.99. The van der Waals surface area contributed by atoms with Crippen LogP contribution < -0.4 is 24.5 Å². The molecule has 1 aliphatic rings. The van der Waals surface area contributed by atoms with Crippen LogP contribution in [0.3, 0.4) is 0 Å². The summed E-state index contributed by atoms with van der Waals surface area (Å²) in [7, 11) is -3.55. The van der Waals surface area contributed by atoms with Gasteiger partial charge in [0.2, 0.25) is 27.4 Å². The number of amides is 1. The number of carbonyl (C=O) groups excluding carboxylic acids is 1. The molecule has 1 aromatic carbocycles. The summed E-state index contributed by atoms with van der Waals surface area (Å²) >= 11 is 0. The molecule has 0 saturated heterocycles. The van der Waals surface area contributed by atoms with E-state index in [0.29, 0.717) is 60.7 Å². The number of quaternary nitrogens is 1. The van der Waals surface area contributed by atoms with Crippen molar-refractivity contribution in [1.29, 1.82) is 0 Å². The molecule has 0 radical (unpaired) electrons. The van der Waals surface area contributed by atoms with Gasteiger partial charge in [-0.2, -0.15) is 14.6 Å². The van der Waals surface area contributed by atoms with Gasteiger partial charge < -0.3 is 25.2 Å². The molecule has 38 heavy (non-hydrogen) atoms. The zero-order chi connectivity index (χ0) is 28.0. The number of unbranched alkanes of at least 4 members (excludes halogenated alkanes) is 3. The van der Waals surface area contributed by atoms with Gasteiger partial charge in [0, 0.05) is 19.2 Å². The molecule has 1 amide bonds. The molecule has 2 heterocycles. The number of hydrogen-bond acceptors (Lipinski definition) is 8. The fourth-order valence-electron chi connectivity index (χ4n) is 4.82. The number of pyridine rings is 1. The average molecular weight is 552 g/mol. The summed E-state index contributed by atoms with van der Waals surface area (Å²) < 4.78 is 33.4. The van der Waals surface area contributed by atoms with Gasteiger partial charge in [-0.3, -0.25) is 0 Å². The molecule has 1 aromatic heterocycles. The maximum Gasteiger partial charge on any atom is 0.268 e. The zero-order valence-electron chi connectivity index (χ0n) is 22.4. The van der Waals surface area contributed by atoms with Gasteiger partial charge in [-0.15, -0.1) is 0 Å². The van der Waals surface area contributed by atoms with Crippen molar-refractivity contribution in [3.05, 3.63) is 35.7 Å². The fourth-order valence-corrected chi connectivity index (χ4v) is 5.89. The molecule has 0 spiro atoms. The fraction of sp³-hybridized carbons (Fsp3) is 0.560. The van der Waals surface area contributed by atoms with Gasteiger partial charge in [-0.05, 0) is 39.7 Å². The molecule has 0 saturated carbocycles. The van der Waals surface area contributed by atoms with Crippen LogP contribution >= 0.6 is 0 Å². The van der Waals surface area contributed by atoms with E-state index in [1.54, 1.807) is 26.0 Å². The number of rotatable bonds is 15. The van der Waals surface area contributed by atoms with Gasteiger partial charge in [0.05, 0.1) is 11.8 Å². The van der Waals surface area contributed by atoms with E-state index < -0.39 is 21.7 Å². The molecule has 3 rings (SSSR count).